The Labute approximate surface area is 107 Å². The zero-order valence-electron chi connectivity index (χ0n) is 10.8. The van der Waals surface area contributed by atoms with E-state index in [1.165, 1.54) is 0 Å². The first kappa shape index (κ1) is 11.7. The number of amides is 1. The van der Waals surface area contributed by atoms with Crippen molar-refractivity contribution in [1.29, 1.82) is 0 Å². The minimum Gasteiger partial charge on any atom is -0.377 e. The molecule has 0 aromatic carbocycles. The van der Waals surface area contributed by atoms with Crippen LogP contribution >= 0.6 is 0 Å². The Morgan fingerprint density at radius 1 is 1.56 bits per heavy atom. The molecule has 0 spiro atoms. The van der Waals surface area contributed by atoms with Crippen LogP contribution in [0.25, 0.3) is 0 Å². The van der Waals surface area contributed by atoms with Gasteiger partial charge in [0.05, 0.1) is 30.5 Å². The minimum absolute atomic E-state index is 0.0326. The maximum Gasteiger partial charge on any atom is 0.256 e. The van der Waals surface area contributed by atoms with E-state index < -0.39 is 0 Å². The Morgan fingerprint density at radius 3 is 3.17 bits per heavy atom. The van der Waals surface area contributed by atoms with Gasteiger partial charge in [0, 0.05) is 12.2 Å². The number of rotatable bonds is 2. The van der Waals surface area contributed by atoms with Crippen molar-refractivity contribution in [3.05, 3.63) is 29.1 Å². The molecule has 3 rings (SSSR count). The summed E-state index contributed by atoms with van der Waals surface area (Å²) in [6.07, 6.45) is 1.06. The van der Waals surface area contributed by atoms with Gasteiger partial charge >= 0.3 is 0 Å². The summed E-state index contributed by atoms with van der Waals surface area (Å²) >= 11 is 0. The van der Waals surface area contributed by atoms with Crippen LogP contribution in [-0.2, 0) is 4.74 Å². The first-order valence-electron chi connectivity index (χ1n) is 6.62. The van der Waals surface area contributed by atoms with Gasteiger partial charge in [-0.15, -0.1) is 0 Å². The Kier molecular flexibility index (Phi) is 2.82. The molecular weight excluding hydrogens is 228 g/mol. The first-order chi connectivity index (χ1) is 8.72. The third kappa shape index (κ3) is 1.63. The van der Waals surface area contributed by atoms with Crippen molar-refractivity contribution >= 4 is 5.91 Å². The molecule has 0 N–H and O–H groups in total. The summed E-state index contributed by atoms with van der Waals surface area (Å²) < 4.78 is 5.48. The van der Waals surface area contributed by atoms with Crippen LogP contribution in [-0.4, -0.2) is 35.5 Å². The number of aromatic nitrogens is 1. The lowest BCUT2D eigenvalue weighted by molar-refractivity contribution is 0.00351. The molecule has 4 nitrogen and oxygen atoms in total. The average Bonchev–Trinajstić information content (AvgIpc) is 2.72. The predicted octanol–water partition coefficient (Wildman–Crippen LogP) is 2.12. The molecule has 3 heterocycles. The van der Waals surface area contributed by atoms with Crippen LogP contribution in [0.15, 0.2) is 12.1 Å². The largest absolute Gasteiger partial charge is 0.377 e. The van der Waals surface area contributed by atoms with Crippen molar-refractivity contribution in [3.8, 4) is 0 Å². The van der Waals surface area contributed by atoms with Crippen LogP contribution in [0.3, 0.4) is 0 Å². The topological polar surface area (TPSA) is 42.4 Å². The Balaban J connectivity index is 2.01. The quantitative estimate of drug-likeness (QED) is 0.802. The lowest BCUT2D eigenvalue weighted by Crippen LogP contribution is -2.38. The molecule has 1 aromatic heterocycles. The summed E-state index contributed by atoms with van der Waals surface area (Å²) in [6, 6.07) is 3.96. The van der Waals surface area contributed by atoms with Crippen molar-refractivity contribution in [2.24, 2.45) is 0 Å². The maximum atomic E-state index is 12.2. The zero-order chi connectivity index (χ0) is 12.7. The fourth-order valence-electron chi connectivity index (χ4n) is 2.64. The molecule has 2 atom stereocenters. The summed E-state index contributed by atoms with van der Waals surface area (Å²) in [5.41, 5.74) is 2.76. The molecule has 2 unspecified atom stereocenters. The van der Waals surface area contributed by atoms with Gasteiger partial charge in [-0.3, -0.25) is 9.78 Å². The van der Waals surface area contributed by atoms with Gasteiger partial charge in [0.25, 0.3) is 5.91 Å². The van der Waals surface area contributed by atoms with E-state index in [-0.39, 0.29) is 11.9 Å². The second-order valence-electron chi connectivity index (χ2n) is 5.07. The van der Waals surface area contributed by atoms with E-state index in [0.29, 0.717) is 25.7 Å². The van der Waals surface area contributed by atoms with Crippen molar-refractivity contribution in [1.82, 2.24) is 9.88 Å². The van der Waals surface area contributed by atoms with Gasteiger partial charge < -0.3 is 9.64 Å². The van der Waals surface area contributed by atoms with E-state index in [1.807, 2.05) is 17.0 Å². The van der Waals surface area contributed by atoms with Crippen LogP contribution in [0.5, 0.6) is 0 Å². The third-order valence-electron chi connectivity index (χ3n) is 4.00. The summed E-state index contributed by atoms with van der Waals surface area (Å²) in [4.78, 5) is 18.8. The van der Waals surface area contributed by atoms with E-state index in [4.69, 9.17) is 9.72 Å². The summed E-state index contributed by atoms with van der Waals surface area (Å²) in [5, 5.41) is 0. The number of hydrogen-bond donors (Lipinski definition) is 0. The normalized spacial score (nSPS) is 23.8. The number of pyridine rings is 1. The van der Waals surface area contributed by atoms with Crippen LogP contribution < -0.4 is 0 Å². The molecular formula is C14H18N2O2. The average molecular weight is 246 g/mol. The van der Waals surface area contributed by atoms with Gasteiger partial charge in [-0.2, -0.15) is 0 Å². The van der Waals surface area contributed by atoms with Gasteiger partial charge in [-0.05, 0) is 24.5 Å². The number of carbonyl (C=O) groups is 1. The Bertz CT molecular complexity index is 487. The molecule has 2 aliphatic heterocycles. The van der Waals surface area contributed by atoms with Crippen LogP contribution in [0.2, 0.25) is 0 Å². The monoisotopic (exact) mass is 246 g/mol. The number of fused-ring (bicyclic) bond motifs is 3. The van der Waals surface area contributed by atoms with Crippen molar-refractivity contribution in [3.63, 3.8) is 0 Å². The Hall–Kier alpha value is -1.42. The lowest BCUT2D eigenvalue weighted by atomic mass is 10.0. The Morgan fingerprint density at radius 2 is 2.39 bits per heavy atom. The highest BCUT2D eigenvalue weighted by molar-refractivity contribution is 5.98. The van der Waals surface area contributed by atoms with Crippen LogP contribution in [0, 0.1) is 0 Å². The standard InChI is InChI=1S/C14H18N2O2/c1-3-9(2)11-5-4-10-13(15-11)12-8-18-7-6-16(12)14(10)17/h4-5,9,12H,3,6-8H2,1-2H3. The predicted molar refractivity (Wildman–Crippen MR) is 67.5 cm³/mol. The maximum absolute atomic E-state index is 12.2. The molecule has 18 heavy (non-hydrogen) atoms. The van der Waals surface area contributed by atoms with Crippen LogP contribution in [0.4, 0.5) is 0 Å². The zero-order valence-corrected chi connectivity index (χ0v) is 10.8. The van der Waals surface area contributed by atoms with Crippen molar-refractivity contribution < 1.29 is 9.53 Å². The number of morpholine rings is 1. The van der Waals surface area contributed by atoms with Gasteiger partial charge in [-0.25, -0.2) is 0 Å². The van der Waals surface area contributed by atoms with E-state index in [1.54, 1.807) is 0 Å². The number of carbonyl (C=O) groups excluding carboxylic acids is 1. The molecule has 0 saturated carbocycles. The van der Waals surface area contributed by atoms with Crippen molar-refractivity contribution in [2.45, 2.75) is 32.2 Å². The van der Waals surface area contributed by atoms with Gasteiger partial charge in [0.1, 0.15) is 0 Å². The number of ether oxygens (including phenoxy) is 1. The highest BCUT2D eigenvalue weighted by atomic mass is 16.5. The second kappa shape index (κ2) is 4.35. The van der Waals surface area contributed by atoms with E-state index in [0.717, 1.165) is 23.4 Å². The van der Waals surface area contributed by atoms with Gasteiger partial charge in [0.2, 0.25) is 0 Å². The van der Waals surface area contributed by atoms with Crippen LogP contribution in [0.1, 0.15) is 54.0 Å². The summed E-state index contributed by atoms with van der Waals surface area (Å²) in [5.74, 6) is 0.547. The fourth-order valence-corrected chi connectivity index (χ4v) is 2.64. The molecule has 1 saturated heterocycles. The van der Waals surface area contributed by atoms with Gasteiger partial charge in [0.15, 0.2) is 0 Å². The third-order valence-corrected chi connectivity index (χ3v) is 4.00. The smallest absolute Gasteiger partial charge is 0.256 e. The summed E-state index contributed by atoms with van der Waals surface area (Å²) in [6.45, 7) is 6.21. The minimum atomic E-state index is 0.0326. The first-order valence-corrected chi connectivity index (χ1v) is 6.62. The molecule has 1 fully saturated rings. The molecule has 1 aromatic rings. The highest BCUT2D eigenvalue weighted by Crippen LogP contribution is 2.35. The molecule has 0 bridgehead atoms. The van der Waals surface area contributed by atoms with E-state index in [9.17, 15) is 4.79 Å². The molecule has 1 amide bonds. The fraction of sp³-hybridized carbons (Fsp3) is 0.571. The lowest BCUT2D eigenvalue weighted by Gasteiger charge is -2.29. The van der Waals surface area contributed by atoms with E-state index in [2.05, 4.69) is 13.8 Å². The molecule has 4 heteroatoms. The second-order valence-corrected chi connectivity index (χ2v) is 5.07. The molecule has 0 radical (unpaired) electrons. The molecule has 96 valence electrons. The van der Waals surface area contributed by atoms with Crippen molar-refractivity contribution in [2.75, 3.05) is 19.8 Å². The van der Waals surface area contributed by atoms with E-state index >= 15 is 0 Å². The van der Waals surface area contributed by atoms with Gasteiger partial charge in [-0.1, -0.05) is 13.8 Å². The summed E-state index contributed by atoms with van der Waals surface area (Å²) in [7, 11) is 0. The highest BCUT2D eigenvalue weighted by Gasteiger charge is 2.40. The molecule has 2 aliphatic rings. The number of nitrogens with zero attached hydrogens (tertiary/aromatic N) is 2. The SMILES string of the molecule is CCC(C)c1ccc2c(n1)C1COCCN1C2=O. The molecule has 0 aliphatic carbocycles. The number of hydrogen-bond acceptors (Lipinski definition) is 3.